The molecule has 8 nitrogen and oxygen atoms in total. The van der Waals surface area contributed by atoms with Crippen molar-refractivity contribution in [2.45, 2.75) is 13.0 Å². The van der Waals surface area contributed by atoms with E-state index in [9.17, 15) is 4.79 Å². The van der Waals surface area contributed by atoms with E-state index in [2.05, 4.69) is 20.3 Å². The zero-order valence-corrected chi connectivity index (χ0v) is 11.1. The van der Waals surface area contributed by atoms with Crippen LogP contribution in [0.3, 0.4) is 0 Å². The van der Waals surface area contributed by atoms with Gasteiger partial charge in [0.1, 0.15) is 18.7 Å². The predicted octanol–water partition coefficient (Wildman–Crippen LogP) is 1.28. The Labute approximate surface area is 117 Å². The van der Waals surface area contributed by atoms with E-state index in [1.165, 1.54) is 18.6 Å². The summed E-state index contributed by atoms with van der Waals surface area (Å²) in [4.78, 5) is 15.0. The summed E-state index contributed by atoms with van der Waals surface area (Å²) in [6.07, 6.45) is 4.40. The van der Waals surface area contributed by atoms with Gasteiger partial charge in [-0.25, -0.2) is 14.5 Å². The highest BCUT2D eigenvalue weighted by atomic mass is 35.5. The first kappa shape index (κ1) is 12.5. The zero-order valence-electron chi connectivity index (χ0n) is 10.3. The highest BCUT2D eigenvalue weighted by Crippen LogP contribution is 2.22. The Morgan fingerprint density at radius 1 is 1.45 bits per heavy atom. The van der Waals surface area contributed by atoms with Gasteiger partial charge in [0.2, 0.25) is 0 Å². The van der Waals surface area contributed by atoms with Crippen molar-refractivity contribution in [3.8, 4) is 0 Å². The number of aromatic carboxylic acids is 1. The second-order valence-corrected chi connectivity index (χ2v) is 4.59. The van der Waals surface area contributed by atoms with Crippen molar-refractivity contribution in [2.24, 2.45) is 0 Å². The van der Waals surface area contributed by atoms with E-state index in [-0.39, 0.29) is 16.6 Å². The molecule has 3 aromatic rings. The van der Waals surface area contributed by atoms with E-state index in [1.807, 2.05) is 6.92 Å². The summed E-state index contributed by atoms with van der Waals surface area (Å²) >= 11 is 6.03. The maximum atomic E-state index is 11.1. The van der Waals surface area contributed by atoms with Crippen LogP contribution in [0, 0.1) is 0 Å². The highest BCUT2D eigenvalue weighted by Gasteiger charge is 2.19. The second kappa shape index (κ2) is 4.57. The standard InChI is InChI=1S/C11H9ClN6O2/c1-6(18-5-13-4-14-18)9-15-16-10-8(12)2-7(11(19)20)3-17(9)10/h2-6H,1H3,(H,19,20). The van der Waals surface area contributed by atoms with E-state index in [0.29, 0.717) is 11.5 Å². The van der Waals surface area contributed by atoms with Crippen molar-refractivity contribution in [3.63, 3.8) is 0 Å². The fourth-order valence-electron chi connectivity index (χ4n) is 1.91. The van der Waals surface area contributed by atoms with Crippen molar-refractivity contribution >= 4 is 23.2 Å². The number of carboxylic acids is 1. The van der Waals surface area contributed by atoms with Gasteiger partial charge in [0.05, 0.1) is 10.6 Å². The molecule has 0 spiro atoms. The fourth-order valence-corrected chi connectivity index (χ4v) is 2.15. The quantitative estimate of drug-likeness (QED) is 0.781. The molecule has 1 N–H and O–H groups in total. The Morgan fingerprint density at radius 2 is 2.25 bits per heavy atom. The summed E-state index contributed by atoms with van der Waals surface area (Å²) in [6.45, 7) is 1.85. The molecule has 0 aliphatic carbocycles. The van der Waals surface area contributed by atoms with Crippen LogP contribution in [0.4, 0.5) is 0 Å². The molecule has 0 aromatic carbocycles. The first-order valence-corrected chi connectivity index (χ1v) is 6.07. The maximum Gasteiger partial charge on any atom is 0.337 e. The molecule has 0 fully saturated rings. The minimum absolute atomic E-state index is 0.0642. The van der Waals surface area contributed by atoms with Gasteiger partial charge in [-0.05, 0) is 13.0 Å². The lowest BCUT2D eigenvalue weighted by atomic mass is 10.2. The van der Waals surface area contributed by atoms with Crippen molar-refractivity contribution < 1.29 is 9.90 Å². The summed E-state index contributed by atoms with van der Waals surface area (Å²) in [5.74, 6) is -0.544. The molecule has 3 rings (SSSR count). The molecule has 9 heteroatoms. The van der Waals surface area contributed by atoms with E-state index >= 15 is 0 Å². The lowest BCUT2D eigenvalue weighted by molar-refractivity contribution is 0.0696. The molecule has 0 amide bonds. The molecular weight excluding hydrogens is 284 g/mol. The Bertz CT molecular complexity index is 782. The average Bonchev–Trinajstić information content (AvgIpc) is 3.07. The smallest absolute Gasteiger partial charge is 0.337 e. The maximum absolute atomic E-state index is 11.1. The third-order valence-electron chi connectivity index (χ3n) is 2.94. The van der Waals surface area contributed by atoms with Crippen molar-refractivity contribution in [1.82, 2.24) is 29.4 Å². The molecule has 0 saturated carbocycles. The minimum atomic E-state index is -1.07. The third kappa shape index (κ3) is 1.90. The number of aromatic nitrogens is 6. The van der Waals surface area contributed by atoms with E-state index in [0.717, 1.165) is 0 Å². The summed E-state index contributed by atoms with van der Waals surface area (Å²) in [5.41, 5.74) is 0.466. The number of carboxylic acid groups (broad SMARTS) is 1. The monoisotopic (exact) mass is 292 g/mol. The van der Waals surface area contributed by atoms with Gasteiger partial charge in [0, 0.05) is 6.20 Å². The number of carbonyl (C=O) groups is 1. The summed E-state index contributed by atoms with van der Waals surface area (Å²) in [7, 11) is 0. The molecule has 0 aliphatic heterocycles. The minimum Gasteiger partial charge on any atom is -0.478 e. The Kier molecular flexibility index (Phi) is 2.87. The molecule has 3 aromatic heterocycles. The van der Waals surface area contributed by atoms with Crippen LogP contribution in [0.1, 0.15) is 29.1 Å². The van der Waals surface area contributed by atoms with Gasteiger partial charge in [0.15, 0.2) is 11.5 Å². The molecule has 0 radical (unpaired) electrons. The van der Waals surface area contributed by atoms with Gasteiger partial charge in [-0.15, -0.1) is 10.2 Å². The van der Waals surface area contributed by atoms with Crippen molar-refractivity contribution in [1.29, 1.82) is 0 Å². The summed E-state index contributed by atoms with van der Waals surface area (Å²) in [6, 6.07) is 1.09. The lowest BCUT2D eigenvalue weighted by Gasteiger charge is -2.10. The average molecular weight is 293 g/mol. The van der Waals surface area contributed by atoms with Crippen LogP contribution in [0.5, 0.6) is 0 Å². The van der Waals surface area contributed by atoms with Gasteiger partial charge >= 0.3 is 5.97 Å². The normalized spacial score (nSPS) is 12.7. The first-order valence-electron chi connectivity index (χ1n) is 5.69. The molecule has 1 unspecified atom stereocenters. The molecule has 0 bridgehead atoms. The first-order chi connectivity index (χ1) is 9.58. The van der Waals surface area contributed by atoms with Gasteiger partial charge in [-0.1, -0.05) is 11.6 Å². The van der Waals surface area contributed by atoms with E-state index < -0.39 is 5.97 Å². The molecular formula is C11H9ClN6O2. The van der Waals surface area contributed by atoms with Crippen LogP contribution >= 0.6 is 11.6 Å². The van der Waals surface area contributed by atoms with Crippen LogP contribution in [-0.2, 0) is 0 Å². The number of halogens is 1. The van der Waals surface area contributed by atoms with Gasteiger partial charge in [-0.3, -0.25) is 4.40 Å². The Morgan fingerprint density at radius 3 is 2.90 bits per heavy atom. The van der Waals surface area contributed by atoms with Crippen LogP contribution in [0.25, 0.3) is 5.65 Å². The van der Waals surface area contributed by atoms with Gasteiger partial charge in [0.25, 0.3) is 0 Å². The van der Waals surface area contributed by atoms with Crippen molar-refractivity contribution in [3.05, 3.63) is 41.3 Å². The SMILES string of the molecule is CC(c1nnc2c(Cl)cc(C(=O)O)cn12)n1cncn1. The number of pyridine rings is 1. The Hall–Kier alpha value is -2.48. The van der Waals surface area contributed by atoms with Crippen LogP contribution in [0.2, 0.25) is 5.02 Å². The molecule has 102 valence electrons. The predicted molar refractivity (Wildman–Crippen MR) is 68.8 cm³/mol. The Balaban J connectivity index is 2.19. The topological polar surface area (TPSA) is 98.2 Å². The number of nitrogens with zero attached hydrogens (tertiary/aromatic N) is 6. The number of rotatable bonds is 3. The third-order valence-corrected chi connectivity index (χ3v) is 3.22. The molecule has 0 saturated heterocycles. The van der Waals surface area contributed by atoms with Crippen LogP contribution in [-0.4, -0.2) is 40.4 Å². The van der Waals surface area contributed by atoms with Crippen molar-refractivity contribution in [2.75, 3.05) is 0 Å². The largest absolute Gasteiger partial charge is 0.478 e. The fraction of sp³-hybridized carbons (Fsp3) is 0.182. The van der Waals surface area contributed by atoms with Crippen LogP contribution < -0.4 is 0 Å². The molecule has 3 heterocycles. The lowest BCUT2D eigenvalue weighted by Crippen LogP contribution is -2.12. The van der Waals surface area contributed by atoms with E-state index in [1.54, 1.807) is 15.4 Å². The molecule has 20 heavy (non-hydrogen) atoms. The van der Waals surface area contributed by atoms with Crippen LogP contribution in [0.15, 0.2) is 24.9 Å². The number of hydrogen-bond acceptors (Lipinski definition) is 5. The highest BCUT2D eigenvalue weighted by molar-refractivity contribution is 6.33. The molecule has 1 atom stereocenters. The molecule has 0 aliphatic rings. The number of fused-ring (bicyclic) bond motifs is 1. The van der Waals surface area contributed by atoms with Gasteiger partial charge in [-0.2, -0.15) is 5.10 Å². The summed E-state index contributed by atoms with van der Waals surface area (Å²) < 4.78 is 3.15. The summed E-state index contributed by atoms with van der Waals surface area (Å²) in [5, 5.41) is 21.4. The second-order valence-electron chi connectivity index (χ2n) is 4.19. The zero-order chi connectivity index (χ0) is 14.3. The van der Waals surface area contributed by atoms with E-state index in [4.69, 9.17) is 16.7 Å². The number of hydrogen-bond donors (Lipinski definition) is 1. The van der Waals surface area contributed by atoms with Gasteiger partial charge < -0.3 is 5.11 Å².